The summed E-state index contributed by atoms with van der Waals surface area (Å²) in [5, 5.41) is 17.8. The molecule has 1 N–H and O–H groups in total. The van der Waals surface area contributed by atoms with E-state index in [1.165, 1.54) is 0 Å². The monoisotopic (exact) mass is 371 g/mol. The second-order valence-corrected chi connectivity index (χ2v) is 4.22. The lowest BCUT2D eigenvalue weighted by atomic mass is 10.2. The van der Waals surface area contributed by atoms with Crippen LogP contribution >= 0.6 is 45.2 Å². The highest BCUT2D eigenvalue weighted by Gasteiger charge is 2.04. The van der Waals surface area contributed by atoms with Crippen LogP contribution in [-0.4, -0.2) is 5.11 Å². The predicted octanol–water partition coefficient (Wildman–Crippen LogP) is 2.47. The van der Waals surface area contributed by atoms with Gasteiger partial charge in [-0.15, -0.1) is 0 Å². The molecule has 1 aromatic rings. The van der Waals surface area contributed by atoms with E-state index in [0.717, 1.165) is 0 Å². The van der Waals surface area contributed by atoms with Crippen molar-refractivity contribution >= 4 is 45.2 Å². The number of benzene rings is 1. The normalized spacial score (nSPS) is 9.18. The van der Waals surface area contributed by atoms with Crippen molar-refractivity contribution in [1.29, 1.82) is 5.26 Å². The van der Waals surface area contributed by atoms with E-state index in [4.69, 9.17) is 5.26 Å². The van der Waals surface area contributed by atoms with Gasteiger partial charge in [0.2, 0.25) is 0 Å². The largest absolute Gasteiger partial charge is 0.506 e. The highest BCUT2D eigenvalue weighted by Crippen LogP contribution is 2.26. The van der Waals surface area contributed by atoms with E-state index in [2.05, 4.69) is 0 Å². The van der Waals surface area contributed by atoms with Crippen molar-refractivity contribution < 1.29 is 5.11 Å². The molecule has 4 heteroatoms. The second kappa shape index (κ2) is 3.58. The minimum Gasteiger partial charge on any atom is -0.506 e. The number of phenolic OH excluding ortho intramolecular Hbond substituents is 1. The molecule has 0 heterocycles. The van der Waals surface area contributed by atoms with Crippen molar-refractivity contribution in [3.63, 3.8) is 0 Å². The average molecular weight is 371 g/mol. The number of nitrogens with zero attached hydrogens (tertiary/aromatic N) is 1. The number of phenols is 1. The maximum atomic E-state index is 9.30. The molecule has 0 aliphatic heterocycles. The van der Waals surface area contributed by atoms with Crippen LogP contribution in [-0.2, 0) is 0 Å². The summed E-state index contributed by atoms with van der Waals surface area (Å²) < 4.78 is 1.43. The standard InChI is InChI=1S/C7H3I2NO/c8-5-1-4(3-10)2-6(9)7(5)11/h1-2,11H. The summed E-state index contributed by atoms with van der Waals surface area (Å²) in [6.45, 7) is 0. The lowest BCUT2D eigenvalue weighted by Crippen LogP contribution is -1.82. The Morgan fingerprint density at radius 1 is 1.27 bits per heavy atom. The minimum absolute atomic E-state index is 0.255. The molecule has 56 valence electrons. The lowest BCUT2D eigenvalue weighted by Gasteiger charge is -1.99. The summed E-state index contributed by atoms with van der Waals surface area (Å²) in [6, 6.07) is 5.32. The molecule has 0 aromatic heterocycles. The van der Waals surface area contributed by atoms with Gasteiger partial charge in [-0.1, -0.05) is 0 Å². The van der Waals surface area contributed by atoms with Gasteiger partial charge < -0.3 is 5.11 Å². The summed E-state index contributed by atoms with van der Waals surface area (Å²) in [6.07, 6.45) is 0. The van der Waals surface area contributed by atoms with Gasteiger partial charge in [0.05, 0.1) is 18.8 Å². The van der Waals surface area contributed by atoms with E-state index in [1.807, 2.05) is 51.3 Å². The van der Waals surface area contributed by atoms with Crippen LogP contribution in [0.2, 0.25) is 0 Å². The molecule has 0 fully saturated rings. The first kappa shape index (κ1) is 9.06. The number of halogens is 2. The van der Waals surface area contributed by atoms with Crippen molar-refractivity contribution in [2.45, 2.75) is 0 Å². The fraction of sp³-hybridized carbons (Fsp3) is 0. The van der Waals surface area contributed by atoms with Crippen molar-refractivity contribution in [2.75, 3.05) is 0 Å². The van der Waals surface area contributed by atoms with Gasteiger partial charge in [0.15, 0.2) is 0 Å². The molecule has 0 saturated heterocycles. The van der Waals surface area contributed by atoms with Crippen LogP contribution in [0.15, 0.2) is 12.1 Å². The van der Waals surface area contributed by atoms with Gasteiger partial charge in [-0.3, -0.25) is 0 Å². The van der Waals surface area contributed by atoms with E-state index >= 15 is 0 Å². The van der Waals surface area contributed by atoms with Crippen molar-refractivity contribution in [2.24, 2.45) is 0 Å². The Balaban J connectivity index is 3.35. The molecule has 1 rings (SSSR count). The quantitative estimate of drug-likeness (QED) is 0.713. The molecule has 1 aromatic carbocycles. The fourth-order valence-electron chi connectivity index (χ4n) is 0.630. The van der Waals surface area contributed by atoms with Gasteiger partial charge in [0, 0.05) is 0 Å². The van der Waals surface area contributed by atoms with Gasteiger partial charge in [0.25, 0.3) is 0 Å². The molecule has 0 radical (unpaired) electrons. The second-order valence-electron chi connectivity index (χ2n) is 1.90. The summed E-state index contributed by atoms with van der Waals surface area (Å²) >= 11 is 3.99. The summed E-state index contributed by atoms with van der Waals surface area (Å²) in [5.74, 6) is 0.255. The molecule has 0 aliphatic rings. The van der Waals surface area contributed by atoms with Gasteiger partial charge >= 0.3 is 0 Å². The highest BCUT2D eigenvalue weighted by molar-refractivity contribution is 14.1. The summed E-state index contributed by atoms with van der Waals surface area (Å²) in [7, 11) is 0. The number of hydrogen-bond acceptors (Lipinski definition) is 2. The lowest BCUT2D eigenvalue weighted by molar-refractivity contribution is 0.467. The molecule has 0 amide bonds. The fourth-order valence-corrected chi connectivity index (χ4v) is 2.40. The van der Waals surface area contributed by atoms with Crippen LogP contribution in [0.4, 0.5) is 0 Å². The molecular formula is C7H3I2NO. The Labute approximate surface area is 91.5 Å². The van der Waals surface area contributed by atoms with Gasteiger partial charge in [-0.25, -0.2) is 0 Å². The van der Waals surface area contributed by atoms with E-state index in [9.17, 15) is 5.11 Å². The molecule has 11 heavy (non-hydrogen) atoms. The van der Waals surface area contributed by atoms with Gasteiger partial charge in [-0.05, 0) is 57.3 Å². The maximum absolute atomic E-state index is 9.30. The van der Waals surface area contributed by atoms with Crippen LogP contribution in [0, 0.1) is 18.5 Å². The molecule has 0 aliphatic carbocycles. The minimum atomic E-state index is 0.255. The zero-order valence-electron chi connectivity index (χ0n) is 5.31. The van der Waals surface area contributed by atoms with Crippen LogP contribution in [0.5, 0.6) is 5.75 Å². The van der Waals surface area contributed by atoms with Crippen LogP contribution in [0.3, 0.4) is 0 Å². The predicted molar refractivity (Wildman–Crippen MR) is 58.3 cm³/mol. The molecule has 2 nitrogen and oxygen atoms in total. The number of nitriles is 1. The first-order valence-corrected chi connectivity index (χ1v) is 4.89. The molecule has 0 saturated carbocycles. The third kappa shape index (κ3) is 1.96. The topological polar surface area (TPSA) is 44.0 Å². The van der Waals surface area contributed by atoms with E-state index in [1.54, 1.807) is 12.1 Å². The molecular weight excluding hydrogens is 368 g/mol. The van der Waals surface area contributed by atoms with E-state index in [0.29, 0.717) is 12.7 Å². The Hall–Kier alpha value is -0.0300. The number of hydrogen-bond donors (Lipinski definition) is 1. The third-order valence-corrected chi connectivity index (χ3v) is 2.79. The van der Waals surface area contributed by atoms with Crippen molar-refractivity contribution in [1.82, 2.24) is 0 Å². The zero-order valence-corrected chi connectivity index (χ0v) is 9.62. The Morgan fingerprint density at radius 3 is 2.09 bits per heavy atom. The summed E-state index contributed by atoms with van der Waals surface area (Å²) in [4.78, 5) is 0. The van der Waals surface area contributed by atoms with Gasteiger partial charge in [-0.2, -0.15) is 5.26 Å². The Bertz CT molecular complexity index is 307. The van der Waals surface area contributed by atoms with E-state index < -0.39 is 0 Å². The maximum Gasteiger partial charge on any atom is 0.142 e. The highest BCUT2D eigenvalue weighted by atomic mass is 127. The first-order chi connectivity index (χ1) is 5.15. The van der Waals surface area contributed by atoms with Crippen LogP contribution in [0.1, 0.15) is 5.56 Å². The molecule has 0 bridgehead atoms. The zero-order chi connectivity index (χ0) is 8.43. The summed E-state index contributed by atoms with van der Waals surface area (Å²) in [5.41, 5.74) is 0.580. The van der Waals surface area contributed by atoms with E-state index in [-0.39, 0.29) is 5.75 Å². The van der Waals surface area contributed by atoms with Gasteiger partial charge in [0.1, 0.15) is 5.75 Å². The van der Waals surface area contributed by atoms with Crippen molar-refractivity contribution in [3.05, 3.63) is 24.8 Å². The molecule has 0 spiro atoms. The number of rotatable bonds is 0. The third-order valence-electron chi connectivity index (χ3n) is 1.15. The Morgan fingerprint density at radius 2 is 1.73 bits per heavy atom. The number of aromatic hydroxyl groups is 1. The molecule has 0 unspecified atom stereocenters. The molecule has 0 atom stereocenters. The SMILES string of the molecule is N#Cc1cc(I)c(O)c(I)c1. The Kier molecular flexibility index (Phi) is 2.95. The van der Waals surface area contributed by atoms with Crippen LogP contribution < -0.4 is 0 Å². The van der Waals surface area contributed by atoms with Crippen LogP contribution in [0.25, 0.3) is 0 Å². The first-order valence-electron chi connectivity index (χ1n) is 2.73. The average Bonchev–Trinajstić information content (AvgIpc) is 1.99. The van der Waals surface area contributed by atoms with Crippen molar-refractivity contribution in [3.8, 4) is 11.8 Å². The smallest absolute Gasteiger partial charge is 0.142 e.